The molecule has 6 nitrogen and oxygen atoms in total. The summed E-state index contributed by atoms with van der Waals surface area (Å²) in [5.74, 6) is -0.323. The number of halogens is 2. The first kappa shape index (κ1) is 25.6. The van der Waals surface area contributed by atoms with E-state index in [0.29, 0.717) is 6.54 Å². The summed E-state index contributed by atoms with van der Waals surface area (Å²) in [6.07, 6.45) is 10.9. The van der Waals surface area contributed by atoms with Crippen LogP contribution in [0.25, 0.3) is 0 Å². The quantitative estimate of drug-likeness (QED) is 0.366. The number of aliphatic imine (C=N–C) groups is 1. The van der Waals surface area contributed by atoms with Crippen LogP contribution in [0.1, 0.15) is 65.0 Å². The van der Waals surface area contributed by atoms with Crippen LogP contribution < -0.4 is 5.32 Å². The van der Waals surface area contributed by atoms with Crippen LogP contribution in [-0.4, -0.2) is 33.0 Å². The Kier molecular flexibility index (Phi) is 7.99. The third-order valence-corrected chi connectivity index (χ3v) is 7.43. The molecule has 1 N–H and O–H groups in total. The number of amides is 1. The van der Waals surface area contributed by atoms with E-state index in [-0.39, 0.29) is 27.6 Å². The lowest BCUT2D eigenvalue weighted by molar-refractivity contribution is 0.0951. The number of aryl methyl sites for hydroxylation is 1. The molecule has 0 saturated carbocycles. The van der Waals surface area contributed by atoms with Crippen LogP contribution >= 0.6 is 23.2 Å². The maximum atomic E-state index is 12.7. The number of carbonyl (C=O) groups is 1. The molecule has 1 atom stereocenters. The van der Waals surface area contributed by atoms with Gasteiger partial charge in [0.15, 0.2) is 0 Å². The fourth-order valence-electron chi connectivity index (χ4n) is 5.13. The molecule has 1 aromatic carbocycles. The van der Waals surface area contributed by atoms with Crippen molar-refractivity contribution in [2.75, 3.05) is 6.54 Å². The Labute approximate surface area is 227 Å². The van der Waals surface area contributed by atoms with Gasteiger partial charge in [-0.2, -0.15) is 0 Å². The average molecular weight is 534 g/mol. The minimum Gasteiger partial charge on any atom is -0.348 e. The monoisotopic (exact) mass is 533 g/mol. The molecule has 0 bridgehead atoms. The Hall–Kier alpha value is -3.06. The molecule has 3 heterocycles. The maximum Gasteiger partial charge on any atom is 0.254 e. The molecule has 1 amide bonds. The van der Waals surface area contributed by atoms with Crippen molar-refractivity contribution in [2.24, 2.45) is 4.99 Å². The lowest BCUT2D eigenvalue weighted by Crippen LogP contribution is -2.35. The van der Waals surface area contributed by atoms with Gasteiger partial charge in [-0.15, -0.1) is 0 Å². The van der Waals surface area contributed by atoms with E-state index in [0.717, 1.165) is 44.3 Å². The van der Waals surface area contributed by atoms with Crippen molar-refractivity contribution in [3.63, 3.8) is 0 Å². The first-order valence-electron chi connectivity index (χ1n) is 12.5. The van der Waals surface area contributed by atoms with E-state index in [4.69, 9.17) is 28.2 Å². The number of hydrogen-bond acceptors (Lipinski definition) is 5. The van der Waals surface area contributed by atoms with Crippen molar-refractivity contribution >= 4 is 34.8 Å². The zero-order chi connectivity index (χ0) is 25.8. The van der Waals surface area contributed by atoms with Crippen molar-refractivity contribution in [2.45, 2.75) is 51.7 Å². The molecule has 0 fully saturated rings. The number of rotatable bonds is 8. The second-order valence-electron chi connectivity index (χ2n) is 9.69. The van der Waals surface area contributed by atoms with E-state index in [9.17, 15) is 4.79 Å². The standard InChI is InChI=1S/C29H29Cl2N5O/c1-19-11-23(34-13-19)18-36(26-9-3-7-22-8-4-10-33-28(22)26)17-21-6-2-5-20(12-21)14-35-29(37)27-24(30)15-32-16-25(27)31/h2,4-6,8,10,12-13,15-16,26H,3,7,9,11,14,17-18H2,1H3,(H,35,37). The van der Waals surface area contributed by atoms with Gasteiger partial charge in [-0.25, -0.2) is 0 Å². The summed E-state index contributed by atoms with van der Waals surface area (Å²) in [6, 6.07) is 12.8. The zero-order valence-electron chi connectivity index (χ0n) is 20.8. The summed E-state index contributed by atoms with van der Waals surface area (Å²) in [4.78, 5) is 28.6. The first-order chi connectivity index (χ1) is 18.0. The number of fused-ring (bicyclic) bond motifs is 1. The van der Waals surface area contributed by atoms with Crippen molar-refractivity contribution in [1.82, 2.24) is 20.2 Å². The highest BCUT2D eigenvalue weighted by Crippen LogP contribution is 2.34. The van der Waals surface area contributed by atoms with E-state index in [1.807, 2.05) is 30.6 Å². The molecule has 3 aromatic rings. The lowest BCUT2D eigenvalue weighted by atomic mass is 9.90. The fraction of sp³-hybridized carbons (Fsp3) is 0.310. The van der Waals surface area contributed by atoms with Gasteiger partial charge in [-0.05, 0) is 54.5 Å². The van der Waals surface area contributed by atoms with Crippen LogP contribution in [-0.2, 0) is 19.5 Å². The summed E-state index contributed by atoms with van der Waals surface area (Å²) >= 11 is 12.3. The predicted molar refractivity (Wildman–Crippen MR) is 148 cm³/mol. The molecule has 0 saturated heterocycles. The van der Waals surface area contributed by atoms with Gasteiger partial charge >= 0.3 is 0 Å². The largest absolute Gasteiger partial charge is 0.348 e. The fourth-order valence-corrected chi connectivity index (χ4v) is 5.67. The van der Waals surface area contributed by atoms with Crippen molar-refractivity contribution in [1.29, 1.82) is 0 Å². The highest BCUT2D eigenvalue weighted by molar-refractivity contribution is 6.39. The van der Waals surface area contributed by atoms with Gasteiger partial charge in [0.05, 0.1) is 27.3 Å². The molecule has 1 aliphatic carbocycles. The van der Waals surface area contributed by atoms with Gasteiger partial charge in [0.1, 0.15) is 0 Å². The van der Waals surface area contributed by atoms with Crippen molar-refractivity contribution in [3.05, 3.63) is 105 Å². The molecule has 37 heavy (non-hydrogen) atoms. The topological polar surface area (TPSA) is 70.5 Å². The minimum absolute atomic E-state index is 0.232. The van der Waals surface area contributed by atoms with E-state index in [1.165, 1.54) is 40.5 Å². The average Bonchev–Trinajstić information content (AvgIpc) is 3.31. The maximum absolute atomic E-state index is 12.7. The Bertz CT molecular complexity index is 1350. The third kappa shape index (κ3) is 6.09. The SMILES string of the molecule is CC1=CN=C(CN(Cc2cccc(CNC(=O)c3c(Cl)cncc3Cl)c2)C2CCCc3cccnc32)C1. The van der Waals surface area contributed by atoms with E-state index in [2.05, 4.69) is 45.3 Å². The van der Waals surface area contributed by atoms with Gasteiger partial charge in [0.2, 0.25) is 0 Å². The number of allylic oxidation sites excluding steroid dienone is 1. The van der Waals surface area contributed by atoms with Crippen molar-refractivity contribution < 1.29 is 4.79 Å². The first-order valence-corrected chi connectivity index (χ1v) is 13.3. The number of nitrogens with one attached hydrogen (secondary N) is 1. The van der Waals surface area contributed by atoms with E-state index >= 15 is 0 Å². The van der Waals surface area contributed by atoms with Gasteiger partial charge in [0, 0.05) is 56.6 Å². The van der Waals surface area contributed by atoms with Crippen LogP contribution in [0.2, 0.25) is 10.0 Å². The summed E-state index contributed by atoms with van der Waals surface area (Å²) in [7, 11) is 0. The molecule has 5 rings (SSSR count). The molecular formula is C29H29Cl2N5O. The number of aromatic nitrogens is 2. The lowest BCUT2D eigenvalue weighted by Gasteiger charge is -2.35. The number of benzene rings is 1. The van der Waals surface area contributed by atoms with Crippen LogP contribution in [0, 0.1) is 0 Å². The number of pyridine rings is 2. The summed E-state index contributed by atoms with van der Waals surface area (Å²) in [6.45, 7) is 4.06. The number of carbonyl (C=O) groups excluding carboxylic acids is 1. The van der Waals surface area contributed by atoms with Gasteiger partial charge < -0.3 is 5.32 Å². The van der Waals surface area contributed by atoms with Gasteiger partial charge in [-0.3, -0.25) is 24.7 Å². The number of hydrogen-bond donors (Lipinski definition) is 1. The van der Waals surface area contributed by atoms with Gasteiger partial charge in [-0.1, -0.05) is 53.5 Å². The normalized spacial score (nSPS) is 16.8. The highest BCUT2D eigenvalue weighted by atomic mass is 35.5. The third-order valence-electron chi connectivity index (χ3n) is 6.85. The van der Waals surface area contributed by atoms with Crippen LogP contribution in [0.3, 0.4) is 0 Å². The van der Waals surface area contributed by atoms with E-state index < -0.39 is 0 Å². The molecule has 1 aliphatic heterocycles. The Balaban J connectivity index is 1.33. The molecular weight excluding hydrogens is 505 g/mol. The molecule has 2 aromatic heterocycles. The van der Waals surface area contributed by atoms with Crippen LogP contribution in [0.5, 0.6) is 0 Å². The molecule has 0 spiro atoms. The molecule has 0 radical (unpaired) electrons. The summed E-state index contributed by atoms with van der Waals surface area (Å²) < 4.78 is 0. The molecule has 190 valence electrons. The van der Waals surface area contributed by atoms with Crippen LogP contribution in [0.4, 0.5) is 0 Å². The van der Waals surface area contributed by atoms with Crippen molar-refractivity contribution in [3.8, 4) is 0 Å². The zero-order valence-corrected chi connectivity index (χ0v) is 22.3. The van der Waals surface area contributed by atoms with Gasteiger partial charge in [0.25, 0.3) is 5.91 Å². The predicted octanol–water partition coefficient (Wildman–Crippen LogP) is 6.34. The Morgan fingerprint density at radius 1 is 1.11 bits per heavy atom. The summed E-state index contributed by atoms with van der Waals surface area (Å²) in [5, 5.41) is 3.40. The Morgan fingerprint density at radius 2 is 1.92 bits per heavy atom. The summed E-state index contributed by atoms with van der Waals surface area (Å²) in [5.41, 5.74) is 7.44. The Morgan fingerprint density at radius 3 is 2.70 bits per heavy atom. The second kappa shape index (κ2) is 11.5. The molecule has 1 unspecified atom stereocenters. The smallest absolute Gasteiger partial charge is 0.254 e. The molecule has 2 aliphatic rings. The molecule has 8 heteroatoms. The second-order valence-corrected chi connectivity index (χ2v) is 10.5. The van der Waals surface area contributed by atoms with Crippen LogP contribution in [0.15, 0.2) is 71.8 Å². The minimum atomic E-state index is -0.323. The number of nitrogens with zero attached hydrogens (tertiary/aromatic N) is 4. The van der Waals surface area contributed by atoms with E-state index in [1.54, 1.807) is 0 Å². The highest BCUT2D eigenvalue weighted by Gasteiger charge is 2.28.